The highest BCUT2D eigenvalue weighted by atomic mass is 35.6. The molecule has 3 aliphatic heterocycles. The van der Waals surface area contributed by atoms with E-state index in [0.29, 0.717) is 45.4 Å². The van der Waals surface area contributed by atoms with Crippen LogP contribution < -0.4 is 23.7 Å². The van der Waals surface area contributed by atoms with Crippen LogP contribution in [0, 0.1) is 25.2 Å². The average Bonchev–Trinajstić information content (AvgIpc) is 3.78. The largest absolute Gasteiger partial charge is 0.493 e. The molecule has 358 valence electrons. The molecule has 3 heterocycles. The number of hydrogen-bond acceptors (Lipinski definition) is 12. The van der Waals surface area contributed by atoms with Crippen molar-refractivity contribution in [3.63, 3.8) is 0 Å². The molecule has 0 radical (unpaired) electrons. The summed E-state index contributed by atoms with van der Waals surface area (Å²) in [7, 11) is -1.03. The molecule has 0 aromatic heterocycles. The summed E-state index contributed by atoms with van der Waals surface area (Å²) in [6, 6.07) is 21.3. The van der Waals surface area contributed by atoms with E-state index in [-0.39, 0.29) is 44.7 Å². The zero-order valence-corrected chi connectivity index (χ0v) is 42.6. The zero-order chi connectivity index (χ0) is 48.4. The summed E-state index contributed by atoms with van der Waals surface area (Å²) in [5, 5.41) is 11.4. The standard InChI is InChI=1S/C50H58Cl3N3O10Si/c1-30-20-35-21-37-38(23-54)55(39(26-60-32(3)57)36-22-41(31(2)45-46(36)65-29-64-45)61-24-33-16-12-10-13-17-33)40(27-66-67(8,9)49(4,5)6)43(56(37)48(58)63-28-50(51,52)53)42(35)47(44(30)59-7)62-25-34-18-14-11-15-19-34/h10-20,22,37-40,43H,21,24-29H2,1-9H3/t37-,38+,39+,40+,43+/m1/s1. The molecule has 1 amide bonds. The lowest BCUT2D eigenvalue weighted by molar-refractivity contribution is -0.146. The quantitative estimate of drug-likeness (QED) is 0.0636. The molecule has 4 aromatic rings. The van der Waals surface area contributed by atoms with Crippen LogP contribution in [0.4, 0.5) is 4.79 Å². The van der Waals surface area contributed by atoms with E-state index in [2.05, 4.69) is 39.9 Å². The second-order valence-electron chi connectivity index (χ2n) is 18.6. The lowest BCUT2D eigenvalue weighted by Crippen LogP contribution is -2.70. The topological polar surface area (TPSA) is 138 Å². The highest BCUT2D eigenvalue weighted by molar-refractivity contribution is 6.74. The third kappa shape index (κ3) is 10.7. The molecule has 13 nitrogen and oxygen atoms in total. The molecule has 0 saturated carbocycles. The van der Waals surface area contributed by atoms with E-state index in [1.165, 1.54) is 6.92 Å². The first-order chi connectivity index (χ1) is 31.7. The van der Waals surface area contributed by atoms with Gasteiger partial charge in [-0.1, -0.05) is 122 Å². The molecule has 0 spiro atoms. The molecule has 17 heteroatoms. The number of carbonyl (C=O) groups is 2. The molecule has 1 saturated heterocycles. The molecule has 0 aliphatic carbocycles. The fourth-order valence-corrected chi connectivity index (χ4v) is 10.1. The fourth-order valence-electron chi connectivity index (χ4n) is 8.95. The van der Waals surface area contributed by atoms with Crippen LogP contribution in [0.15, 0.2) is 72.8 Å². The van der Waals surface area contributed by atoms with Crippen LogP contribution in [0.25, 0.3) is 0 Å². The molecular formula is C50H58Cl3N3O10Si. The van der Waals surface area contributed by atoms with Crippen LogP contribution in [-0.2, 0) is 38.3 Å². The molecule has 7 rings (SSSR count). The Kier molecular flexibility index (Phi) is 15.2. The third-order valence-corrected chi connectivity index (χ3v) is 18.0. The van der Waals surface area contributed by atoms with Gasteiger partial charge in [0.2, 0.25) is 10.6 Å². The number of ether oxygens (including phenoxy) is 7. The van der Waals surface area contributed by atoms with Gasteiger partial charge in [-0.05, 0) is 66.7 Å². The number of alkyl halides is 3. The minimum atomic E-state index is -2.60. The van der Waals surface area contributed by atoms with Crippen LogP contribution in [0.5, 0.6) is 28.7 Å². The predicted octanol–water partition coefficient (Wildman–Crippen LogP) is 10.9. The van der Waals surface area contributed by atoms with E-state index >= 15 is 0 Å². The number of benzene rings is 4. The molecule has 5 atom stereocenters. The first kappa shape index (κ1) is 50.0. The summed E-state index contributed by atoms with van der Waals surface area (Å²) in [4.78, 5) is 31.4. The maximum absolute atomic E-state index is 14.9. The number of rotatable bonds is 15. The van der Waals surface area contributed by atoms with Gasteiger partial charge in [0.05, 0.1) is 44.0 Å². The van der Waals surface area contributed by atoms with Crippen molar-refractivity contribution < 1.29 is 47.2 Å². The number of aryl methyl sites for hydroxylation is 1. The Morgan fingerprint density at radius 1 is 0.910 bits per heavy atom. The normalized spacial score (nSPS) is 19.5. The number of esters is 1. The lowest BCUT2D eigenvalue weighted by atomic mass is 9.76. The Hall–Kier alpha value is -4.88. The number of hydrogen-bond donors (Lipinski definition) is 0. The maximum Gasteiger partial charge on any atom is 0.410 e. The Labute approximate surface area is 409 Å². The van der Waals surface area contributed by atoms with Crippen LogP contribution >= 0.6 is 34.8 Å². The van der Waals surface area contributed by atoms with Gasteiger partial charge in [-0.15, -0.1) is 0 Å². The molecule has 67 heavy (non-hydrogen) atoms. The highest BCUT2D eigenvalue weighted by Crippen LogP contribution is 2.55. The smallest absolute Gasteiger partial charge is 0.410 e. The first-order valence-electron chi connectivity index (χ1n) is 22.2. The molecule has 4 aromatic carbocycles. The van der Waals surface area contributed by atoms with Crippen LogP contribution in [0.1, 0.15) is 78.7 Å². The minimum absolute atomic E-state index is 0.00734. The summed E-state index contributed by atoms with van der Waals surface area (Å²) >= 11 is 18.6. The van der Waals surface area contributed by atoms with Crippen molar-refractivity contribution in [1.29, 1.82) is 5.26 Å². The van der Waals surface area contributed by atoms with Crippen molar-refractivity contribution in [3.8, 4) is 34.8 Å². The van der Waals surface area contributed by atoms with Gasteiger partial charge in [0.15, 0.2) is 31.3 Å². The highest BCUT2D eigenvalue weighted by Gasteiger charge is 2.58. The van der Waals surface area contributed by atoms with Gasteiger partial charge in [-0.2, -0.15) is 5.26 Å². The van der Waals surface area contributed by atoms with Crippen molar-refractivity contribution in [1.82, 2.24) is 9.80 Å². The van der Waals surface area contributed by atoms with Crippen molar-refractivity contribution in [2.75, 3.05) is 33.7 Å². The Morgan fingerprint density at radius 2 is 1.54 bits per heavy atom. The average molecular weight is 995 g/mol. The van der Waals surface area contributed by atoms with E-state index < -0.39 is 61.0 Å². The summed E-state index contributed by atoms with van der Waals surface area (Å²) < 4.78 is 48.9. The van der Waals surface area contributed by atoms with Gasteiger partial charge in [0.25, 0.3) is 0 Å². The van der Waals surface area contributed by atoms with Gasteiger partial charge in [-0.25, -0.2) is 4.79 Å². The number of nitriles is 1. The molecule has 3 aliphatic rings. The van der Waals surface area contributed by atoms with Gasteiger partial charge in [0.1, 0.15) is 38.2 Å². The summed E-state index contributed by atoms with van der Waals surface area (Å²) in [6.07, 6.45) is -0.623. The zero-order valence-electron chi connectivity index (χ0n) is 39.3. The molecular weight excluding hydrogens is 937 g/mol. The summed E-state index contributed by atoms with van der Waals surface area (Å²) in [5.74, 6) is 1.74. The monoisotopic (exact) mass is 993 g/mol. The summed E-state index contributed by atoms with van der Waals surface area (Å²) in [6.45, 7) is 15.4. The van der Waals surface area contributed by atoms with E-state index in [9.17, 15) is 14.9 Å². The van der Waals surface area contributed by atoms with Gasteiger partial charge in [-0.3, -0.25) is 14.6 Å². The van der Waals surface area contributed by atoms with Gasteiger partial charge in [0, 0.05) is 23.6 Å². The number of carbonyl (C=O) groups excluding carboxylic acids is 2. The van der Waals surface area contributed by atoms with Gasteiger partial charge >= 0.3 is 12.1 Å². The van der Waals surface area contributed by atoms with Crippen molar-refractivity contribution in [2.45, 2.75) is 113 Å². The van der Waals surface area contributed by atoms with Crippen molar-refractivity contribution in [3.05, 3.63) is 112 Å². The second-order valence-corrected chi connectivity index (χ2v) is 25.9. The Balaban J connectivity index is 1.49. The number of halogens is 3. The number of fused-ring (bicyclic) bond motifs is 5. The SMILES string of the molecule is COc1c(C)cc2c(c1OCc1ccccc1)[C@@H]1[C@H](CO[Si](C)(C)C(C)(C)C)N([C@@H](COC(C)=O)c3cc(OCc4ccccc4)c(C)c4c3OCO4)[C@@H](C#N)[C@@H](C2)N1C(=O)OCC(Cl)(Cl)Cl. The Morgan fingerprint density at radius 3 is 2.12 bits per heavy atom. The van der Waals surface area contributed by atoms with Gasteiger partial charge < -0.3 is 37.6 Å². The third-order valence-electron chi connectivity index (χ3n) is 13.2. The van der Waals surface area contributed by atoms with E-state index in [1.54, 1.807) is 12.0 Å². The second kappa shape index (κ2) is 20.4. The van der Waals surface area contributed by atoms with Crippen molar-refractivity contribution in [2.24, 2.45) is 0 Å². The van der Waals surface area contributed by atoms with Crippen molar-refractivity contribution >= 4 is 55.2 Å². The Bertz CT molecular complexity index is 2480. The summed E-state index contributed by atoms with van der Waals surface area (Å²) in [5.41, 5.74) is 5.40. The maximum atomic E-state index is 14.9. The fraction of sp³-hybridized carbons (Fsp3) is 0.460. The number of methoxy groups -OCH3 is 1. The van der Waals surface area contributed by atoms with Crippen LogP contribution in [0.2, 0.25) is 18.1 Å². The molecule has 1 fully saturated rings. The van der Waals surface area contributed by atoms with E-state index in [0.717, 1.165) is 22.3 Å². The number of amides is 1. The minimum Gasteiger partial charge on any atom is -0.493 e. The first-order valence-corrected chi connectivity index (χ1v) is 26.2. The number of piperazine rings is 1. The molecule has 2 bridgehead atoms. The van der Waals surface area contributed by atoms with Crippen LogP contribution in [0.3, 0.4) is 0 Å². The molecule has 0 unspecified atom stereocenters. The van der Waals surface area contributed by atoms with E-state index in [1.807, 2.05) is 91.5 Å². The predicted molar refractivity (Wildman–Crippen MR) is 258 cm³/mol. The lowest BCUT2D eigenvalue weighted by Gasteiger charge is -2.58. The molecule has 0 N–H and O–H groups in total. The number of nitrogens with zero attached hydrogens (tertiary/aromatic N) is 3. The van der Waals surface area contributed by atoms with Crippen LogP contribution in [-0.4, -0.2) is 85.8 Å². The van der Waals surface area contributed by atoms with E-state index in [4.69, 9.17) is 72.4 Å².